The van der Waals surface area contributed by atoms with Gasteiger partial charge in [0.05, 0.1) is 38.1 Å². The average Bonchev–Trinajstić information content (AvgIpc) is 3.14. The molecular weight excluding hydrogens is 768 g/mol. The van der Waals surface area contributed by atoms with Gasteiger partial charge in [-0.2, -0.15) is 0 Å². The van der Waals surface area contributed by atoms with E-state index in [1.165, 1.54) is 6.92 Å². The van der Waals surface area contributed by atoms with Gasteiger partial charge in [-0.3, -0.25) is 9.59 Å². The highest BCUT2D eigenvalue weighted by Crippen LogP contribution is 2.39. The zero-order valence-corrected chi connectivity index (χ0v) is 30.3. The second-order valence-electron chi connectivity index (χ2n) is 14.0. The first-order valence-corrected chi connectivity index (χ1v) is 17.6. The van der Waals surface area contributed by atoms with Crippen molar-refractivity contribution in [2.75, 3.05) is 19.8 Å². The third-order valence-corrected chi connectivity index (χ3v) is 9.94. The van der Waals surface area contributed by atoms with Crippen molar-refractivity contribution in [2.24, 2.45) is 0 Å². The van der Waals surface area contributed by atoms with Gasteiger partial charge in [0.1, 0.15) is 85.4 Å². The molecule has 4 aliphatic rings. The number of carbonyl (C=O) groups excluding carboxylic acids is 2. The van der Waals surface area contributed by atoms with Gasteiger partial charge < -0.3 is 110 Å². The molecule has 0 radical (unpaired) electrons. The van der Waals surface area contributed by atoms with Crippen LogP contribution in [0, 0.1) is 0 Å². The molecule has 15 N–H and O–H groups in total. The minimum atomic E-state index is -3.12. The summed E-state index contributed by atoms with van der Waals surface area (Å²) in [4.78, 5) is 37.0. The van der Waals surface area contributed by atoms with Crippen LogP contribution in [0.1, 0.15) is 27.2 Å². The van der Waals surface area contributed by atoms with Crippen LogP contribution in [0.3, 0.4) is 0 Å². The lowest BCUT2D eigenvalue weighted by atomic mass is 9.88. The quantitative estimate of drug-likeness (QED) is 0.0773. The fourth-order valence-electron chi connectivity index (χ4n) is 6.99. The molecule has 4 heterocycles. The van der Waals surface area contributed by atoms with Crippen LogP contribution in [-0.2, 0) is 47.5 Å². The molecule has 21 atom stereocenters. The van der Waals surface area contributed by atoms with E-state index in [-0.39, 0.29) is 0 Å². The van der Waals surface area contributed by atoms with E-state index in [0.29, 0.717) is 0 Å². The zero-order valence-electron chi connectivity index (χ0n) is 30.3. The van der Waals surface area contributed by atoms with Gasteiger partial charge in [-0.15, -0.1) is 0 Å². The third-order valence-electron chi connectivity index (χ3n) is 9.94. The Kier molecular flexibility index (Phi) is 15.8. The molecule has 4 saturated heterocycles. The van der Waals surface area contributed by atoms with Crippen molar-refractivity contribution in [1.29, 1.82) is 0 Å². The summed E-state index contributed by atoms with van der Waals surface area (Å²) >= 11 is 0. The van der Waals surface area contributed by atoms with Crippen molar-refractivity contribution in [2.45, 2.75) is 155 Å². The number of nitrogens with one attached hydrogen (secondary N) is 2. The van der Waals surface area contributed by atoms with Crippen LogP contribution in [0.2, 0.25) is 0 Å². The van der Waals surface area contributed by atoms with E-state index >= 15 is 0 Å². The Bertz CT molecular complexity index is 1330. The van der Waals surface area contributed by atoms with Gasteiger partial charge in [-0.1, -0.05) is 0 Å². The maximum atomic E-state index is 12.9. The molecule has 0 aromatic rings. The van der Waals surface area contributed by atoms with Crippen molar-refractivity contribution in [3.8, 4) is 0 Å². The molecule has 4 fully saturated rings. The summed E-state index contributed by atoms with van der Waals surface area (Å²) in [5.41, 5.74) is 0. The number of aliphatic carboxylic acids is 1. The Hall–Kier alpha value is -2.35. The molecule has 0 bridgehead atoms. The molecule has 25 nitrogen and oxygen atoms in total. The van der Waals surface area contributed by atoms with Gasteiger partial charge in [-0.05, 0) is 6.92 Å². The molecule has 4 rings (SSSR count). The van der Waals surface area contributed by atoms with Gasteiger partial charge >= 0.3 is 5.97 Å². The molecule has 0 saturated carbocycles. The standard InChI is InChI=1S/C31H52N2O23/c1-8-17(41)20(44)21(45)28(50-8)54-25-16(33-10(3)38)27(47)51-14(7-36)23(25)53-29-22(46)26(19(43)13(6-35)52-29)56-31(30(48)49)4-11(39)15(32-9(2)37)24(55-31)18(42)12(40)5-34/h8,11-29,34-36,39-47H,4-7H2,1-3H3,(H,32,37)(H,33,38)(H,48,49)/t8-,11+,12-,13-,14-,15+,16-,17+,18-,19-,20-,21-,22-,23+,24+,25+,26-,27?,28-,29-,31-/m0/s1. The summed E-state index contributed by atoms with van der Waals surface area (Å²) < 4.78 is 39.7. The monoisotopic (exact) mass is 820 g/mol. The van der Waals surface area contributed by atoms with E-state index in [1.807, 2.05) is 0 Å². The minimum absolute atomic E-state index is 0.767. The molecule has 324 valence electrons. The number of rotatable bonds is 14. The second kappa shape index (κ2) is 19.1. The number of carbonyl (C=O) groups is 3. The summed E-state index contributed by atoms with van der Waals surface area (Å²) in [5, 5.41) is 142. The summed E-state index contributed by atoms with van der Waals surface area (Å²) in [6.45, 7) is 0.283. The molecule has 0 spiro atoms. The highest BCUT2D eigenvalue weighted by Gasteiger charge is 2.60. The lowest BCUT2D eigenvalue weighted by Crippen LogP contribution is -2.71. The first kappa shape index (κ1) is 46.3. The van der Waals surface area contributed by atoms with Crippen LogP contribution < -0.4 is 10.6 Å². The number of aliphatic hydroxyl groups excluding tert-OH is 12. The number of aliphatic hydroxyl groups is 12. The van der Waals surface area contributed by atoms with Crippen LogP contribution >= 0.6 is 0 Å². The summed E-state index contributed by atoms with van der Waals surface area (Å²) in [7, 11) is 0. The second-order valence-corrected chi connectivity index (χ2v) is 14.0. The average molecular weight is 821 g/mol. The van der Waals surface area contributed by atoms with E-state index in [9.17, 15) is 80.8 Å². The maximum Gasteiger partial charge on any atom is 0.364 e. The maximum absolute atomic E-state index is 12.9. The normalized spacial score (nSPS) is 45.7. The lowest BCUT2D eigenvalue weighted by molar-refractivity contribution is -0.390. The molecule has 0 aliphatic carbocycles. The Labute approximate surface area is 317 Å². The zero-order chi connectivity index (χ0) is 42.0. The number of carboxylic acid groups (broad SMARTS) is 1. The Morgan fingerprint density at radius 2 is 1.30 bits per heavy atom. The van der Waals surface area contributed by atoms with E-state index in [1.54, 1.807) is 0 Å². The predicted molar refractivity (Wildman–Crippen MR) is 173 cm³/mol. The predicted octanol–water partition coefficient (Wildman–Crippen LogP) is -9.23. The third kappa shape index (κ3) is 9.74. The number of carboxylic acids is 1. The largest absolute Gasteiger partial charge is 0.477 e. The number of amides is 2. The molecule has 0 aromatic carbocycles. The minimum Gasteiger partial charge on any atom is -0.477 e. The van der Waals surface area contributed by atoms with Crippen LogP contribution in [-0.4, -0.2) is 232 Å². The van der Waals surface area contributed by atoms with Crippen molar-refractivity contribution in [3.63, 3.8) is 0 Å². The van der Waals surface area contributed by atoms with Crippen LogP contribution in [0.25, 0.3) is 0 Å². The van der Waals surface area contributed by atoms with Crippen LogP contribution in [0.5, 0.6) is 0 Å². The number of hydrogen-bond acceptors (Lipinski definition) is 22. The fourth-order valence-corrected chi connectivity index (χ4v) is 6.99. The van der Waals surface area contributed by atoms with E-state index in [0.717, 1.165) is 13.8 Å². The molecule has 25 heteroatoms. The molecule has 2 amide bonds. The van der Waals surface area contributed by atoms with E-state index in [2.05, 4.69) is 10.6 Å². The Morgan fingerprint density at radius 1 is 0.732 bits per heavy atom. The molecule has 1 unspecified atom stereocenters. The number of hydrogen-bond donors (Lipinski definition) is 15. The van der Waals surface area contributed by atoms with E-state index in [4.69, 9.17) is 33.2 Å². The van der Waals surface area contributed by atoms with Gasteiger partial charge in [0.15, 0.2) is 18.9 Å². The van der Waals surface area contributed by atoms with Crippen molar-refractivity contribution in [1.82, 2.24) is 10.6 Å². The van der Waals surface area contributed by atoms with Crippen LogP contribution in [0.4, 0.5) is 0 Å². The van der Waals surface area contributed by atoms with Crippen molar-refractivity contribution >= 4 is 17.8 Å². The Morgan fingerprint density at radius 3 is 1.86 bits per heavy atom. The molecule has 4 aliphatic heterocycles. The van der Waals surface area contributed by atoms with Gasteiger partial charge in [-0.25, -0.2) is 4.79 Å². The van der Waals surface area contributed by atoms with Crippen LogP contribution in [0.15, 0.2) is 0 Å². The summed E-state index contributed by atoms with van der Waals surface area (Å²) in [6, 6.07) is -3.22. The first-order valence-electron chi connectivity index (χ1n) is 17.6. The fraction of sp³-hybridized carbons (Fsp3) is 0.903. The highest BCUT2D eigenvalue weighted by molar-refractivity contribution is 5.76. The Balaban J connectivity index is 1.71. The lowest BCUT2D eigenvalue weighted by Gasteiger charge is -2.51. The van der Waals surface area contributed by atoms with E-state index < -0.39 is 172 Å². The van der Waals surface area contributed by atoms with Crippen molar-refractivity contribution in [3.05, 3.63) is 0 Å². The molecule has 56 heavy (non-hydrogen) atoms. The SMILES string of the molecule is CC(=O)N[C@H]1[C@H]([C@@H](O)[C@@H](O)CO)O[C@@](O[C@@H]2[C@H](O)[C@H](O[C@H]3[C@H](O[C@@H]4O[C@@H](C)[C@@H](O)[C@H](O)[C@@H]4O)[C@H](NC(C)=O)C(O)O[C@H]3CO)O[C@@H](CO)[C@@H]2O)(C(=O)O)C[C@H]1O. The smallest absolute Gasteiger partial charge is 0.364 e. The van der Waals surface area contributed by atoms with Gasteiger partial charge in [0, 0.05) is 20.3 Å². The summed E-state index contributed by atoms with van der Waals surface area (Å²) in [5.74, 6) is -6.69. The first-order chi connectivity index (χ1) is 26.2. The topological polar surface area (TPSA) is 403 Å². The van der Waals surface area contributed by atoms with Gasteiger partial charge in [0.25, 0.3) is 5.79 Å². The molecule has 0 aromatic heterocycles. The highest BCUT2D eigenvalue weighted by atomic mass is 16.8. The van der Waals surface area contributed by atoms with Crippen molar-refractivity contribution < 1.29 is 114 Å². The van der Waals surface area contributed by atoms with Gasteiger partial charge in [0.2, 0.25) is 11.8 Å². The summed E-state index contributed by atoms with van der Waals surface area (Å²) in [6.07, 6.45) is -35.1. The molecular formula is C31H52N2O23. The number of ether oxygens (including phenoxy) is 7.